The monoisotopic (exact) mass is 290 g/mol. The Kier molecular flexibility index (Phi) is 2.82. The number of nitrogens with zero attached hydrogens (tertiary/aromatic N) is 4. The first kappa shape index (κ1) is 13.7. The lowest BCUT2D eigenvalue weighted by Crippen LogP contribution is -2.59. The van der Waals surface area contributed by atoms with Crippen LogP contribution in [0.3, 0.4) is 0 Å². The molecule has 21 heavy (non-hydrogen) atoms. The normalized spacial score (nSPS) is 16.9. The first-order chi connectivity index (χ1) is 9.77. The van der Waals surface area contributed by atoms with Crippen LogP contribution in [0.2, 0.25) is 0 Å². The number of aryl methyl sites for hydroxylation is 2. The number of hydrogen-bond acceptors (Lipinski definition) is 4. The van der Waals surface area contributed by atoms with E-state index in [4.69, 9.17) is 0 Å². The third-order valence-electron chi connectivity index (χ3n) is 3.63. The molecule has 1 aliphatic rings. The molecule has 110 valence electrons. The van der Waals surface area contributed by atoms with Crippen molar-refractivity contribution >= 4 is 11.6 Å². The highest BCUT2D eigenvalue weighted by Crippen LogP contribution is 2.25. The predicted molar refractivity (Wildman–Crippen MR) is 74.1 cm³/mol. The fourth-order valence-electron chi connectivity index (χ4n) is 2.38. The molecule has 6 nitrogen and oxygen atoms in total. The number of amides is 1. The number of hydrogen-bond donors (Lipinski definition) is 0. The van der Waals surface area contributed by atoms with E-state index in [-0.39, 0.29) is 18.8 Å². The van der Waals surface area contributed by atoms with Crippen molar-refractivity contribution in [2.45, 2.75) is 26.4 Å². The molecule has 3 rings (SSSR count). The Bertz CT molecular complexity index is 804. The maximum atomic E-state index is 13.5. The lowest BCUT2D eigenvalue weighted by molar-refractivity contribution is -0.00822. The van der Waals surface area contributed by atoms with Gasteiger partial charge < -0.3 is 4.90 Å². The zero-order valence-corrected chi connectivity index (χ0v) is 12.1. The fraction of sp³-hybridized carbons (Fsp3) is 0.429. The lowest BCUT2D eigenvalue weighted by Gasteiger charge is -2.41. The van der Waals surface area contributed by atoms with Crippen molar-refractivity contribution in [1.82, 2.24) is 19.5 Å². The number of carbonyl (C=O) groups excluding carboxylic acids is 1. The summed E-state index contributed by atoms with van der Waals surface area (Å²) in [4.78, 5) is 29.7. The minimum atomic E-state index is -1.35. The van der Waals surface area contributed by atoms with Gasteiger partial charge in [-0.05, 0) is 32.4 Å². The summed E-state index contributed by atoms with van der Waals surface area (Å²) in [5, 5.41) is 4.13. The second-order valence-electron chi connectivity index (χ2n) is 5.74. The maximum absolute atomic E-state index is 13.5. The molecule has 0 radical (unpaired) electrons. The van der Waals surface area contributed by atoms with Crippen molar-refractivity contribution in [2.24, 2.45) is 0 Å². The number of rotatable bonds is 1. The van der Waals surface area contributed by atoms with Gasteiger partial charge in [0.2, 0.25) is 0 Å². The summed E-state index contributed by atoms with van der Waals surface area (Å²) >= 11 is 0. The molecule has 1 saturated heterocycles. The maximum Gasteiger partial charge on any atom is 0.275 e. The summed E-state index contributed by atoms with van der Waals surface area (Å²) in [5.41, 5.74) is 0.179. The molecule has 1 aliphatic heterocycles. The summed E-state index contributed by atoms with van der Waals surface area (Å²) in [6, 6.07) is 2.85. The van der Waals surface area contributed by atoms with Gasteiger partial charge in [0.25, 0.3) is 11.5 Å². The van der Waals surface area contributed by atoms with Crippen LogP contribution in [0.4, 0.5) is 4.39 Å². The van der Waals surface area contributed by atoms with Gasteiger partial charge in [0.1, 0.15) is 11.4 Å². The van der Waals surface area contributed by atoms with E-state index in [0.717, 1.165) is 21.8 Å². The number of fused-ring (bicyclic) bond motifs is 1. The van der Waals surface area contributed by atoms with Crippen LogP contribution < -0.4 is 5.56 Å². The Labute approximate surface area is 120 Å². The van der Waals surface area contributed by atoms with Crippen LogP contribution in [0.15, 0.2) is 16.9 Å². The minimum absolute atomic E-state index is 0.0259. The molecule has 2 aromatic rings. The standard InChI is InChI=1S/C14H15FN4O2/c1-8-4-11-16-10(5-12(20)19(11)17-9(8)2)13(21)18-6-14(3,15)7-18/h4-5H,6-7H2,1-3H3. The SMILES string of the molecule is Cc1cc2nc(C(=O)N3CC(C)(F)C3)cc(=O)n2nc1C. The van der Waals surface area contributed by atoms with Crippen LogP contribution in [0.1, 0.15) is 28.7 Å². The second kappa shape index (κ2) is 4.34. The average molecular weight is 290 g/mol. The van der Waals surface area contributed by atoms with Crippen LogP contribution >= 0.6 is 0 Å². The molecule has 0 aliphatic carbocycles. The molecule has 1 fully saturated rings. The quantitative estimate of drug-likeness (QED) is 0.782. The van der Waals surface area contributed by atoms with Crippen molar-refractivity contribution < 1.29 is 9.18 Å². The number of carbonyl (C=O) groups is 1. The highest BCUT2D eigenvalue weighted by molar-refractivity contribution is 5.93. The van der Waals surface area contributed by atoms with E-state index in [1.807, 2.05) is 6.92 Å². The number of aromatic nitrogens is 3. The molecule has 0 aromatic carbocycles. The Morgan fingerprint density at radius 2 is 2.00 bits per heavy atom. The third kappa shape index (κ3) is 2.28. The van der Waals surface area contributed by atoms with E-state index in [1.54, 1.807) is 13.0 Å². The van der Waals surface area contributed by atoms with Gasteiger partial charge in [-0.25, -0.2) is 9.37 Å². The Balaban J connectivity index is 2.03. The highest BCUT2D eigenvalue weighted by Gasteiger charge is 2.42. The molecule has 0 atom stereocenters. The number of halogens is 1. The molecular formula is C14H15FN4O2. The summed E-state index contributed by atoms with van der Waals surface area (Å²) in [5.74, 6) is -0.428. The predicted octanol–water partition coefficient (Wildman–Crippen LogP) is 0.890. The van der Waals surface area contributed by atoms with Crippen molar-refractivity contribution in [3.05, 3.63) is 39.4 Å². The van der Waals surface area contributed by atoms with E-state index < -0.39 is 17.1 Å². The molecule has 1 amide bonds. The Hall–Kier alpha value is -2.31. The van der Waals surface area contributed by atoms with Gasteiger partial charge in [0.15, 0.2) is 5.65 Å². The van der Waals surface area contributed by atoms with Gasteiger partial charge in [-0.2, -0.15) is 9.61 Å². The number of alkyl halides is 1. The minimum Gasteiger partial charge on any atom is -0.331 e. The van der Waals surface area contributed by atoms with Gasteiger partial charge >= 0.3 is 0 Å². The van der Waals surface area contributed by atoms with Gasteiger partial charge in [-0.1, -0.05) is 0 Å². The van der Waals surface area contributed by atoms with Gasteiger partial charge in [0.05, 0.1) is 18.8 Å². The Morgan fingerprint density at radius 1 is 1.33 bits per heavy atom. The topological polar surface area (TPSA) is 67.6 Å². The molecule has 7 heteroatoms. The van der Waals surface area contributed by atoms with Gasteiger partial charge in [0, 0.05) is 6.07 Å². The van der Waals surface area contributed by atoms with Crippen molar-refractivity contribution in [2.75, 3.05) is 13.1 Å². The lowest BCUT2D eigenvalue weighted by atomic mass is 9.99. The first-order valence-corrected chi connectivity index (χ1v) is 6.63. The van der Waals surface area contributed by atoms with E-state index >= 15 is 0 Å². The van der Waals surface area contributed by atoms with E-state index in [9.17, 15) is 14.0 Å². The summed E-state index contributed by atoms with van der Waals surface area (Å²) < 4.78 is 14.6. The van der Waals surface area contributed by atoms with E-state index in [1.165, 1.54) is 11.8 Å². The zero-order valence-electron chi connectivity index (χ0n) is 12.1. The summed E-state index contributed by atoms with van der Waals surface area (Å²) in [6.45, 7) is 5.14. The van der Waals surface area contributed by atoms with E-state index in [0.29, 0.717) is 5.65 Å². The molecule has 2 aromatic heterocycles. The average Bonchev–Trinajstić information content (AvgIpc) is 2.37. The molecule has 0 spiro atoms. The van der Waals surface area contributed by atoms with Crippen molar-refractivity contribution in [1.29, 1.82) is 0 Å². The molecule has 0 bridgehead atoms. The third-order valence-corrected chi connectivity index (χ3v) is 3.63. The number of likely N-dealkylation sites (tertiary alicyclic amines) is 1. The van der Waals surface area contributed by atoms with Crippen molar-refractivity contribution in [3.63, 3.8) is 0 Å². The highest BCUT2D eigenvalue weighted by atomic mass is 19.1. The Morgan fingerprint density at radius 3 is 2.62 bits per heavy atom. The molecule has 3 heterocycles. The molecule has 0 unspecified atom stereocenters. The summed E-state index contributed by atoms with van der Waals surface area (Å²) in [7, 11) is 0. The van der Waals surface area contributed by atoms with E-state index in [2.05, 4.69) is 10.1 Å². The van der Waals surface area contributed by atoms with Crippen LogP contribution in [0.5, 0.6) is 0 Å². The zero-order chi connectivity index (χ0) is 15.4. The fourth-order valence-corrected chi connectivity index (χ4v) is 2.38. The first-order valence-electron chi connectivity index (χ1n) is 6.63. The van der Waals surface area contributed by atoms with Gasteiger partial charge in [-0.3, -0.25) is 9.59 Å². The molecule has 0 saturated carbocycles. The van der Waals surface area contributed by atoms with Crippen LogP contribution in [-0.2, 0) is 0 Å². The second-order valence-corrected chi connectivity index (χ2v) is 5.74. The van der Waals surface area contributed by atoms with Crippen LogP contribution in [-0.4, -0.2) is 44.2 Å². The van der Waals surface area contributed by atoms with Gasteiger partial charge in [-0.15, -0.1) is 0 Å². The van der Waals surface area contributed by atoms with Crippen molar-refractivity contribution in [3.8, 4) is 0 Å². The van der Waals surface area contributed by atoms with Crippen LogP contribution in [0, 0.1) is 13.8 Å². The largest absolute Gasteiger partial charge is 0.331 e. The smallest absolute Gasteiger partial charge is 0.275 e. The molecule has 0 N–H and O–H groups in total. The molecular weight excluding hydrogens is 275 g/mol. The van der Waals surface area contributed by atoms with Crippen LogP contribution in [0.25, 0.3) is 5.65 Å². The summed E-state index contributed by atoms with van der Waals surface area (Å²) in [6.07, 6.45) is 0.